The summed E-state index contributed by atoms with van der Waals surface area (Å²) >= 11 is 2.93. The smallest absolute Gasteiger partial charge is 0.266 e. The standard InChI is InChI=1S/C15H9N3OS2/c19-14-12(9-10-5-2-1-3-6-10)21-15-16-13(17-18(14)15)11-7-4-8-20-11/h1-9H/b12-9-. The summed E-state index contributed by atoms with van der Waals surface area (Å²) in [6.07, 6.45) is 1.87. The van der Waals surface area contributed by atoms with Crippen LogP contribution in [0.2, 0.25) is 0 Å². The van der Waals surface area contributed by atoms with Gasteiger partial charge in [0, 0.05) is 0 Å². The monoisotopic (exact) mass is 311 g/mol. The molecule has 1 aromatic carbocycles. The summed E-state index contributed by atoms with van der Waals surface area (Å²) < 4.78 is 2.03. The van der Waals surface area contributed by atoms with E-state index in [0.29, 0.717) is 15.3 Å². The Balaban J connectivity index is 1.87. The Labute approximate surface area is 127 Å². The van der Waals surface area contributed by atoms with Gasteiger partial charge in [0.25, 0.3) is 5.56 Å². The van der Waals surface area contributed by atoms with Crippen LogP contribution in [0.15, 0.2) is 52.6 Å². The quantitative estimate of drug-likeness (QED) is 0.571. The second-order valence-electron chi connectivity index (χ2n) is 4.43. The molecule has 0 aliphatic carbocycles. The normalized spacial score (nSPS) is 12.3. The van der Waals surface area contributed by atoms with Crippen LogP contribution in [0.5, 0.6) is 0 Å². The minimum Gasteiger partial charge on any atom is -0.266 e. The van der Waals surface area contributed by atoms with E-state index in [1.165, 1.54) is 15.9 Å². The SMILES string of the molecule is O=c1/c(=C/c2ccccc2)sc2nc(-c3cccs3)nn12. The number of nitrogens with zero attached hydrogens (tertiary/aromatic N) is 3. The fourth-order valence-electron chi connectivity index (χ4n) is 2.04. The lowest BCUT2D eigenvalue weighted by atomic mass is 10.2. The Morgan fingerprint density at radius 3 is 2.67 bits per heavy atom. The zero-order chi connectivity index (χ0) is 14.2. The van der Waals surface area contributed by atoms with Gasteiger partial charge < -0.3 is 0 Å². The van der Waals surface area contributed by atoms with Gasteiger partial charge in [0.05, 0.1) is 9.41 Å². The molecule has 0 amide bonds. The molecule has 0 aliphatic heterocycles. The van der Waals surface area contributed by atoms with Crippen molar-refractivity contribution >= 4 is 33.7 Å². The number of benzene rings is 1. The zero-order valence-corrected chi connectivity index (χ0v) is 12.4. The summed E-state index contributed by atoms with van der Waals surface area (Å²) in [6, 6.07) is 13.7. The van der Waals surface area contributed by atoms with Crippen LogP contribution in [0.4, 0.5) is 0 Å². The molecule has 6 heteroatoms. The fourth-order valence-corrected chi connectivity index (χ4v) is 3.61. The lowest BCUT2D eigenvalue weighted by Crippen LogP contribution is -2.23. The first-order valence-corrected chi connectivity index (χ1v) is 8.01. The third kappa shape index (κ3) is 2.18. The average molecular weight is 311 g/mol. The van der Waals surface area contributed by atoms with Gasteiger partial charge >= 0.3 is 0 Å². The van der Waals surface area contributed by atoms with E-state index >= 15 is 0 Å². The van der Waals surface area contributed by atoms with Crippen molar-refractivity contribution in [3.05, 3.63) is 68.3 Å². The van der Waals surface area contributed by atoms with E-state index in [0.717, 1.165) is 10.4 Å². The van der Waals surface area contributed by atoms with E-state index in [9.17, 15) is 4.79 Å². The van der Waals surface area contributed by atoms with Gasteiger partial charge in [-0.25, -0.2) is 0 Å². The van der Waals surface area contributed by atoms with E-state index in [4.69, 9.17) is 0 Å². The van der Waals surface area contributed by atoms with Crippen molar-refractivity contribution < 1.29 is 0 Å². The Kier molecular flexibility index (Phi) is 2.90. The number of rotatable bonds is 2. The highest BCUT2D eigenvalue weighted by atomic mass is 32.1. The lowest BCUT2D eigenvalue weighted by Gasteiger charge is -1.88. The average Bonchev–Trinajstić information content (AvgIpc) is 3.20. The van der Waals surface area contributed by atoms with E-state index < -0.39 is 0 Å². The largest absolute Gasteiger partial charge is 0.291 e. The molecule has 0 N–H and O–H groups in total. The van der Waals surface area contributed by atoms with Gasteiger partial charge in [0.2, 0.25) is 4.96 Å². The predicted octanol–water partition coefficient (Wildman–Crippen LogP) is 2.43. The van der Waals surface area contributed by atoms with E-state index in [-0.39, 0.29) is 5.56 Å². The molecule has 4 rings (SSSR count). The summed E-state index contributed by atoms with van der Waals surface area (Å²) in [5.41, 5.74) is 0.881. The molecule has 3 aromatic heterocycles. The molecule has 0 bridgehead atoms. The Morgan fingerprint density at radius 1 is 1.10 bits per heavy atom. The molecule has 0 spiro atoms. The van der Waals surface area contributed by atoms with Crippen molar-refractivity contribution in [2.24, 2.45) is 0 Å². The highest BCUT2D eigenvalue weighted by Gasteiger charge is 2.12. The van der Waals surface area contributed by atoms with Gasteiger partial charge in [-0.3, -0.25) is 4.79 Å². The molecule has 0 fully saturated rings. The summed E-state index contributed by atoms with van der Waals surface area (Å²) in [6.45, 7) is 0. The van der Waals surface area contributed by atoms with Crippen LogP contribution < -0.4 is 10.1 Å². The number of aromatic nitrogens is 3. The molecule has 4 nitrogen and oxygen atoms in total. The summed E-state index contributed by atoms with van der Waals surface area (Å²) in [5, 5.41) is 6.28. The summed E-state index contributed by atoms with van der Waals surface area (Å²) in [5.74, 6) is 0.611. The maximum atomic E-state index is 12.4. The van der Waals surface area contributed by atoms with Crippen LogP contribution in [-0.4, -0.2) is 14.6 Å². The predicted molar refractivity (Wildman–Crippen MR) is 85.7 cm³/mol. The Bertz CT molecular complexity index is 1000. The van der Waals surface area contributed by atoms with Gasteiger partial charge in [0.1, 0.15) is 0 Å². The minimum absolute atomic E-state index is 0.117. The third-order valence-corrected chi connectivity index (χ3v) is 4.85. The van der Waals surface area contributed by atoms with Gasteiger partial charge in [-0.15, -0.1) is 16.4 Å². The molecule has 0 radical (unpaired) electrons. The van der Waals surface area contributed by atoms with Crippen molar-refractivity contribution in [2.45, 2.75) is 0 Å². The molecule has 102 valence electrons. The van der Waals surface area contributed by atoms with E-state index in [1.807, 2.05) is 53.9 Å². The van der Waals surface area contributed by atoms with E-state index in [2.05, 4.69) is 10.1 Å². The molecule has 0 unspecified atom stereocenters. The van der Waals surface area contributed by atoms with Gasteiger partial charge in [-0.2, -0.15) is 9.50 Å². The molecule has 0 aliphatic rings. The molecular formula is C15H9N3OS2. The first-order valence-electron chi connectivity index (χ1n) is 6.31. The van der Waals surface area contributed by atoms with Crippen molar-refractivity contribution in [3.63, 3.8) is 0 Å². The molecule has 21 heavy (non-hydrogen) atoms. The minimum atomic E-state index is -0.117. The molecule has 3 heterocycles. The Hall–Kier alpha value is -2.31. The lowest BCUT2D eigenvalue weighted by molar-refractivity contribution is 0.938. The van der Waals surface area contributed by atoms with Crippen LogP contribution in [-0.2, 0) is 0 Å². The third-order valence-electron chi connectivity index (χ3n) is 3.02. The van der Waals surface area contributed by atoms with Crippen molar-refractivity contribution in [3.8, 4) is 10.7 Å². The molecule has 0 saturated heterocycles. The molecule has 0 atom stereocenters. The van der Waals surface area contributed by atoms with Crippen LogP contribution in [0.3, 0.4) is 0 Å². The first-order chi connectivity index (χ1) is 10.3. The number of hydrogen-bond donors (Lipinski definition) is 0. The second-order valence-corrected chi connectivity index (χ2v) is 6.39. The van der Waals surface area contributed by atoms with Crippen LogP contribution in [0, 0.1) is 0 Å². The summed E-state index contributed by atoms with van der Waals surface area (Å²) in [4.78, 5) is 18.4. The molecular weight excluding hydrogens is 302 g/mol. The first kappa shape index (κ1) is 12.4. The Morgan fingerprint density at radius 2 is 1.95 bits per heavy atom. The number of thiazole rings is 1. The highest BCUT2D eigenvalue weighted by molar-refractivity contribution is 7.15. The topological polar surface area (TPSA) is 47.3 Å². The van der Waals surface area contributed by atoms with Gasteiger partial charge in [0.15, 0.2) is 5.82 Å². The highest BCUT2D eigenvalue weighted by Crippen LogP contribution is 2.21. The number of thiophene rings is 1. The zero-order valence-electron chi connectivity index (χ0n) is 10.8. The van der Waals surface area contributed by atoms with Crippen molar-refractivity contribution in [1.29, 1.82) is 0 Å². The number of hydrogen-bond acceptors (Lipinski definition) is 5. The fraction of sp³-hybridized carbons (Fsp3) is 0. The number of fused-ring (bicyclic) bond motifs is 1. The van der Waals surface area contributed by atoms with Crippen LogP contribution in [0.1, 0.15) is 5.56 Å². The van der Waals surface area contributed by atoms with Gasteiger partial charge in [-0.1, -0.05) is 47.7 Å². The second kappa shape index (κ2) is 4.91. The molecule has 4 aromatic rings. The molecule has 0 saturated carbocycles. The van der Waals surface area contributed by atoms with Gasteiger partial charge in [-0.05, 0) is 23.1 Å². The van der Waals surface area contributed by atoms with Crippen LogP contribution in [0.25, 0.3) is 21.7 Å². The maximum absolute atomic E-state index is 12.4. The summed E-state index contributed by atoms with van der Waals surface area (Å²) in [7, 11) is 0. The van der Waals surface area contributed by atoms with E-state index in [1.54, 1.807) is 11.3 Å². The van der Waals surface area contributed by atoms with Crippen LogP contribution >= 0.6 is 22.7 Å². The maximum Gasteiger partial charge on any atom is 0.291 e. The van der Waals surface area contributed by atoms with Crippen molar-refractivity contribution in [2.75, 3.05) is 0 Å². The van der Waals surface area contributed by atoms with Crippen molar-refractivity contribution in [1.82, 2.24) is 14.6 Å².